The molecule has 2 fully saturated rings. The first-order valence-electron chi connectivity index (χ1n) is 6.19. The van der Waals surface area contributed by atoms with Gasteiger partial charge in [-0.3, -0.25) is 0 Å². The lowest BCUT2D eigenvalue weighted by Gasteiger charge is -2.31. The van der Waals surface area contributed by atoms with Crippen LogP contribution in [0.3, 0.4) is 0 Å². The Kier molecular flexibility index (Phi) is 3.65. The second-order valence-electron chi connectivity index (χ2n) is 5.41. The predicted molar refractivity (Wildman–Crippen MR) is 59.8 cm³/mol. The molecule has 1 saturated heterocycles. The van der Waals surface area contributed by atoms with Crippen molar-refractivity contribution in [3.05, 3.63) is 0 Å². The Hall–Kier alpha value is -0.120. The Balaban J connectivity index is 1.69. The molecule has 88 valence electrons. The van der Waals surface area contributed by atoms with Gasteiger partial charge in [-0.15, -0.1) is 0 Å². The molecule has 2 rings (SSSR count). The van der Waals surface area contributed by atoms with Crippen LogP contribution >= 0.6 is 0 Å². The number of aliphatic hydroxyl groups is 1. The van der Waals surface area contributed by atoms with Crippen LogP contribution in [0.4, 0.5) is 0 Å². The minimum absolute atomic E-state index is 0.341. The molecule has 3 heteroatoms. The fraction of sp³-hybridized carbons (Fsp3) is 1.00. The zero-order valence-electron chi connectivity index (χ0n) is 9.67. The van der Waals surface area contributed by atoms with E-state index >= 15 is 0 Å². The molecule has 0 radical (unpaired) electrons. The van der Waals surface area contributed by atoms with E-state index in [1.807, 2.05) is 6.92 Å². The Morgan fingerprint density at radius 2 is 2.27 bits per heavy atom. The summed E-state index contributed by atoms with van der Waals surface area (Å²) in [4.78, 5) is 0. The summed E-state index contributed by atoms with van der Waals surface area (Å²) in [5.41, 5.74) is -0.513. The maximum atomic E-state index is 10.2. The van der Waals surface area contributed by atoms with Crippen molar-refractivity contribution in [1.29, 1.82) is 0 Å². The largest absolute Gasteiger partial charge is 0.390 e. The van der Waals surface area contributed by atoms with E-state index in [0.717, 1.165) is 38.5 Å². The third-order valence-electron chi connectivity index (χ3n) is 3.47. The highest BCUT2D eigenvalue weighted by atomic mass is 16.5. The van der Waals surface area contributed by atoms with Crippen LogP contribution in [0.15, 0.2) is 0 Å². The lowest BCUT2D eigenvalue weighted by atomic mass is 9.91. The molecule has 0 aromatic rings. The SMILES string of the molecule is CC(O)(CCC1CC1)CC1COCCN1. The van der Waals surface area contributed by atoms with Gasteiger partial charge in [0.05, 0.1) is 18.8 Å². The normalized spacial score (nSPS) is 31.2. The number of hydrogen-bond acceptors (Lipinski definition) is 3. The van der Waals surface area contributed by atoms with E-state index in [9.17, 15) is 5.11 Å². The van der Waals surface area contributed by atoms with Crippen LogP contribution in [0.1, 0.15) is 39.0 Å². The first kappa shape index (κ1) is 11.4. The van der Waals surface area contributed by atoms with Gasteiger partial charge in [0.1, 0.15) is 0 Å². The van der Waals surface area contributed by atoms with Crippen molar-refractivity contribution in [1.82, 2.24) is 5.32 Å². The molecule has 0 aromatic heterocycles. The zero-order valence-corrected chi connectivity index (χ0v) is 9.67. The summed E-state index contributed by atoms with van der Waals surface area (Å²) in [5, 5.41) is 13.6. The maximum Gasteiger partial charge on any atom is 0.0635 e. The molecule has 0 bridgehead atoms. The average molecular weight is 213 g/mol. The van der Waals surface area contributed by atoms with Crippen molar-refractivity contribution in [2.75, 3.05) is 19.8 Å². The smallest absolute Gasteiger partial charge is 0.0635 e. The summed E-state index contributed by atoms with van der Waals surface area (Å²) in [6.45, 7) is 4.44. The van der Waals surface area contributed by atoms with Gasteiger partial charge in [-0.2, -0.15) is 0 Å². The quantitative estimate of drug-likeness (QED) is 0.723. The molecule has 1 saturated carbocycles. The van der Waals surface area contributed by atoms with E-state index in [1.165, 1.54) is 19.3 Å². The van der Waals surface area contributed by atoms with E-state index in [0.29, 0.717) is 6.04 Å². The molecule has 0 spiro atoms. The Morgan fingerprint density at radius 3 is 2.87 bits per heavy atom. The lowest BCUT2D eigenvalue weighted by Crippen LogP contribution is -2.45. The number of morpholine rings is 1. The van der Waals surface area contributed by atoms with Gasteiger partial charge in [0.25, 0.3) is 0 Å². The highest BCUT2D eigenvalue weighted by molar-refractivity contribution is 4.84. The third kappa shape index (κ3) is 4.09. The van der Waals surface area contributed by atoms with E-state index in [1.54, 1.807) is 0 Å². The van der Waals surface area contributed by atoms with Crippen LogP contribution in [0.25, 0.3) is 0 Å². The van der Waals surface area contributed by atoms with Crippen LogP contribution in [-0.4, -0.2) is 36.5 Å². The standard InChI is InChI=1S/C12H23NO2/c1-12(14,5-4-10-2-3-10)8-11-9-15-7-6-13-11/h10-11,13-14H,2-9H2,1H3. The average Bonchev–Trinajstić information content (AvgIpc) is 2.99. The van der Waals surface area contributed by atoms with Crippen LogP contribution in [-0.2, 0) is 4.74 Å². The molecular weight excluding hydrogens is 190 g/mol. The number of ether oxygens (including phenoxy) is 1. The van der Waals surface area contributed by atoms with Gasteiger partial charge in [-0.25, -0.2) is 0 Å². The van der Waals surface area contributed by atoms with E-state index in [2.05, 4.69) is 5.32 Å². The third-order valence-corrected chi connectivity index (χ3v) is 3.47. The fourth-order valence-electron chi connectivity index (χ4n) is 2.31. The Bertz CT molecular complexity index is 196. The summed E-state index contributed by atoms with van der Waals surface area (Å²) in [5.74, 6) is 0.909. The zero-order chi connectivity index (χ0) is 10.7. The lowest BCUT2D eigenvalue weighted by molar-refractivity contribution is -0.00102. The highest BCUT2D eigenvalue weighted by Gasteiger charge is 2.30. The Morgan fingerprint density at radius 1 is 1.47 bits per heavy atom. The van der Waals surface area contributed by atoms with Crippen molar-refractivity contribution < 1.29 is 9.84 Å². The first-order valence-corrected chi connectivity index (χ1v) is 6.19. The topological polar surface area (TPSA) is 41.5 Å². The molecule has 1 aliphatic heterocycles. The molecule has 1 aliphatic carbocycles. The molecule has 2 unspecified atom stereocenters. The van der Waals surface area contributed by atoms with Crippen LogP contribution < -0.4 is 5.32 Å². The summed E-state index contributed by atoms with van der Waals surface area (Å²) in [7, 11) is 0. The first-order chi connectivity index (χ1) is 7.16. The van der Waals surface area contributed by atoms with Crippen molar-refractivity contribution in [2.45, 2.75) is 50.7 Å². The summed E-state index contributed by atoms with van der Waals surface area (Å²) >= 11 is 0. The van der Waals surface area contributed by atoms with Gasteiger partial charge in [0, 0.05) is 12.6 Å². The number of hydrogen-bond donors (Lipinski definition) is 2. The van der Waals surface area contributed by atoms with E-state index in [4.69, 9.17) is 4.74 Å². The molecule has 0 amide bonds. The maximum absolute atomic E-state index is 10.2. The number of rotatable bonds is 5. The van der Waals surface area contributed by atoms with Gasteiger partial charge in [0.15, 0.2) is 0 Å². The van der Waals surface area contributed by atoms with Gasteiger partial charge in [-0.05, 0) is 32.1 Å². The van der Waals surface area contributed by atoms with Crippen molar-refractivity contribution in [3.8, 4) is 0 Å². The van der Waals surface area contributed by atoms with Gasteiger partial charge in [-0.1, -0.05) is 12.8 Å². The molecule has 2 atom stereocenters. The summed E-state index contributed by atoms with van der Waals surface area (Å²) in [6, 6.07) is 0.341. The molecule has 15 heavy (non-hydrogen) atoms. The number of nitrogens with one attached hydrogen (secondary N) is 1. The van der Waals surface area contributed by atoms with Crippen molar-refractivity contribution >= 4 is 0 Å². The minimum Gasteiger partial charge on any atom is -0.390 e. The molecule has 0 aromatic carbocycles. The molecule has 1 heterocycles. The minimum atomic E-state index is -0.513. The van der Waals surface area contributed by atoms with E-state index in [-0.39, 0.29) is 0 Å². The van der Waals surface area contributed by atoms with Crippen molar-refractivity contribution in [3.63, 3.8) is 0 Å². The summed E-state index contributed by atoms with van der Waals surface area (Å²) < 4.78 is 5.39. The second kappa shape index (κ2) is 4.81. The molecule has 3 nitrogen and oxygen atoms in total. The summed E-state index contributed by atoms with van der Waals surface area (Å²) in [6.07, 6.45) is 5.71. The van der Waals surface area contributed by atoms with Crippen LogP contribution in [0.5, 0.6) is 0 Å². The Labute approximate surface area is 92.2 Å². The molecule has 2 aliphatic rings. The van der Waals surface area contributed by atoms with Crippen LogP contribution in [0.2, 0.25) is 0 Å². The predicted octanol–water partition coefficient (Wildman–Crippen LogP) is 1.31. The molecule has 2 N–H and O–H groups in total. The molecular formula is C12H23NO2. The van der Waals surface area contributed by atoms with Crippen molar-refractivity contribution in [2.24, 2.45) is 5.92 Å². The highest BCUT2D eigenvalue weighted by Crippen LogP contribution is 2.36. The fourth-order valence-corrected chi connectivity index (χ4v) is 2.31. The van der Waals surface area contributed by atoms with Crippen LogP contribution in [0, 0.1) is 5.92 Å². The van der Waals surface area contributed by atoms with Gasteiger partial charge in [0.2, 0.25) is 0 Å². The monoisotopic (exact) mass is 213 g/mol. The van der Waals surface area contributed by atoms with Gasteiger partial charge < -0.3 is 15.2 Å². The second-order valence-corrected chi connectivity index (χ2v) is 5.41. The van der Waals surface area contributed by atoms with Gasteiger partial charge >= 0.3 is 0 Å². The van der Waals surface area contributed by atoms with E-state index < -0.39 is 5.60 Å².